The van der Waals surface area contributed by atoms with Crippen molar-refractivity contribution in [2.75, 3.05) is 26.3 Å². The second kappa shape index (κ2) is 6.78. The summed E-state index contributed by atoms with van der Waals surface area (Å²) in [7, 11) is 1.35. The zero-order chi connectivity index (χ0) is 15.3. The van der Waals surface area contributed by atoms with Crippen molar-refractivity contribution in [2.24, 2.45) is 7.05 Å². The molecule has 1 saturated heterocycles. The monoisotopic (exact) mass is 290 g/mol. The molecule has 1 aromatic heterocycles. The third-order valence-corrected chi connectivity index (χ3v) is 3.00. The van der Waals surface area contributed by atoms with Gasteiger partial charge in [0.15, 0.2) is 6.67 Å². The summed E-state index contributed by atoms with van der Waals surface area (Å²) in [6, 6.07) is 0. The lowest BCUT2D eigenvalue weighted by Gasteiger charge is -2.33. The van der Waals surface area contributed by atoms with Crippen LogP contribution >= 0.6 is 0 Å². The first-order valence-corrected chi connectivity index (χ1v) is 6.55. The first-order valence-electron chi connectivity index (χ1n) is 6.55. The van der Waals surface area contributed by atoms with Crippen molar-refractivity contribution < 1.29 is 19.0 Å². The van der Waals surface area contributed by atoms with Gasteiger partial charge in [0.1, 0.15) is 13.1 Å². The van der Waals surface area contributed by atoms with Gasteiger partial charge in [-0.3, -0.25) is 4.79 Å². The fourth-order valence-electron chi connectivity index (χ4n) is 1.90. The molecule has 0 radical (unpaired) electrons. The van der Waals surface area contributed by atoms with Crippen LogP contribution in [0.25, 0.3) is 0 Å². The lowest BCUT2D eigenvalue weighted by Crippen LogP contribution is -2.57. The predicted molar refractivity (Wildman–Crippen MR) is 69.8 cm³/mol. The molecule has 0 atom stereocenters. The Hall–Kier alpha value is -1.51. The van der Waals surface area contributed by atoms with E-state index in [1.807, 2.05) is 13.8 Å². The fourth-order valence-corrected chi connectivity index (χ4v) is 1.90. The largest absolute Gasteiger partial charge is 0.370 e. The van der Waals surface area contributed by atoms with Crippen LogP contribution in [0.2, 0.25) is 0 Å². The van der Waals surface area contributed by atoms with Crippen molar-refractivity contribution in [3.63, 3.8) is 0 Å². The van der Waals surface area contributed by atoms with Crippen LogP contribution in [0.1, 0.15) is 13.8 Å². The Labute approximate surface area is 116 Å². The first kappa shape index (κ1) is 16.5. The van der Waals surface area contributed by atoms with Gasteiger partial charge in [0.2, 0.25) is 5.82 Å². The van der Waals surface area contributed by atoms with Crippen LogP contribution in [0.3, 0.4) is 0 Å². The van der Waals surface area contributed by atoms with Gasteiger partial charge >= 0.3 is 5.69 Å². The lowest BCUT2D eigenvalue weighted by atomic mass is 10.4. The lowest BCUT2D eigenvalue weighted by molar-refractivity contribution is -1.12. The van der Waals surface area contributed by atoms with E-state index in [-0.39, 0.29) is 19.8 Å². The molecule has 8 heteroatoms. The molecule has 0 spiro atoms. The molecule has 0 aromatic carbocycles. The van der Waals surface area contributed by atoms with E-state index in [9.17, 15) is 19.2 Å². The molecule has 1 aliphatic heterocycles. The maximum absolute atomic E-state index is 13.3. The zero-order valence-electron chi connectivity index (χ0n) is 12.0. The number of quaternary nitrogens is 1. The topological polar surface area (TPSA) is 73.5 Å². The van der Waals surface area contributed by atoms with Crippen molar-refractivity contribution in [3.05, 3.63) is 32.9 Å². The highest BCUT2D eigenvalue weighted by molar-refractivity contribution is 4.88. The van der Waals surface area contributed by atoms with E-state index in [0.29, 0.717) is 17.8 Å². The number of rotatable bonds is 2. The van der Waals surface area contributed by atoms with Gasteiger partial charge in [-0.2, -0.15) is 9.04 Å². The van der Waals surface area contributed by atoms with Crippen LogP contribution in [-0.2, 0) is 18.5 Å². The Morgan fingerprint density at radius 2 is 1.90 bits per heavy atom. The Balaban J connectivity index is 0.000000956. The number of aryl methyl sites for hydroxylation is 1. The smallest absolute Gasteiger partial charge is 0.335 e. The SMILES string of the molecule is CC.Cn1cc(F)c(=O)n(C[N+]2(O)CCOCC2)c1=O. The van der Waals surface area contributed by atoms with E-state index in [1.165, 1.54) is 7.05 Å². The Kier molecular flexibility index (Phi) is 5.61. The summed E-state index contributed by atoms with van der Waals surface area (Å²) in [5, 5.41) is 10.2. The number of aromatic nitrogens is 2. The minimum atomic E-state index is -1.02. The third kappa shape index (κ3) is 3.53. The molecule has 20 heavy (non-hydrogen) atoms. The van der Waals surface area contributed by atoms with Gasteiger partial charge in [0, 0.05) is 13.2 Å². The molecule has 2 heterocycles. The summed E-state index contributed by atoms with van der Waals surface area (Å²) >= 11 is 0. The van der Waals surface area contributed by atoms with Crippen LogP contribution in [0, 0.1) is 5.82 Å². The molecule has 7 nitrogen and oxygen atoms in total. The second-order valence-electron chi connectivity index (χ2n) is 4.40. The summed E-state index contributed by atoms with van der Waals surface area (Å²) in [6.45, 7) is 4.91. The van der Waals surface area contributed by atoms with Crippen LogP contribution in [0.4, 0.5) is 4.39 Å². The summed E-state index contributed by atoms with van der Waals surface area (Å²) in [6.07, 6.45) is 0.836. The maximum atomic E-state index is 13.3. The molecular formula is C12H21FN3O4+. The summed E-state index contributed by atoms with van der Waals surface area (Å²) in [5.74, 6) is -1.02. The van der Waals surface area contributed by atoms with Crippen LogP contribution < -0.4 is 11.2 Å². The fraction of sp³-hybridized carbons (Fsp3) is 0.667. The van der Waals surface area contributed by atoms with Crippen molar-refractivity contribution >= 4 is 0 Å². The molecule has 0 bridgehead atoms. The van der Waals surface area contributed by atoms with Gasteiger partial charge in [-0.05, 0) is 0 Å². The highest BCUT2D eigenvalue weighted by Gasteiger charge is 2.31. The van der Waals surface area contributed by atoms with E-state index < -0.39 is 21.7 Å². The standard InChI is InChI=1S/C10H15FN3O4.C2H6/c1-12-6-8(11)9(15)13(10(12)16)7-14(17)2-4-18-5-3-14;1-2/h6,17H,2-5,7H2,1H3;1-2H3/q+1;. The van der Waals surface area contributed by atoms with Gasteiger partial charge in [0.25, 0.3) is 5.56 Å². The predicted octanol–water partition coefficient (Wildman–Crippen LogP) is -0.0940. The Bertz CT molecular complexity index is 527. The third-order valence-electron chi connectivity index (χ3n) is 3.00. The molecular weight excluding hydrogens is 269 g/mol. The zero-order valence-corrected chi connectivity index (χ0v) is 12.0. The first-order chi connectivity index (χ1) is 9.43. The molecule has 1 aliphatic rings. The number of hydrogen-bond donors (Lipinski definition) is 1. The highest BCUT2D eigenvalue weighted by atomic mass is 19.1. The van der Waals surface area contributed by atoms with Crippen LogP contribution in [-0.4, -0.2) is 45.3 Å². The molecule has 0 saturated carbocycles. The molecule has 0 aliphatic carbocycles. The average Bonchev–Trinajstić information content (AvgIpc) is 2.44. The van der Waals surface area contributed by atoms with Gasteiger partial charge in [-0.15, -0.1) is 0 Å². The van der Waals surface area contributed by atoms with Crippen molar-refractivity contribution in [1.29, 1.82) is 0 Å². The average molecular weight is 290 g/mol. The number of ether oxygens (including phenoxy) is 1. The number of morpholine rings is 1. The molecule has 114 valence electrons. The molecule has 1 fully saturated rings. The molecule has 1 aromatic rings. The Morgan fingerprint density at radius 1 is 1.35 bits per heavy atom. The van der Waals surface area contributed by atoms with E-state index in [2.05, 4.69) is 0 Å². The van der Waals surface area contributed by atoms with Gasteiger partial charge in [-0.25, -0.2) is 14.6 Å². The van der Waals surface area contributed by atoms with E-state index in [0.717, 1.165) is 10.8 Å². The van der Waals surface area contributed by atoms with Crippen molar-refractivity contribution in [2.45, 2.75) is 20.5 Å². The van der Waals surface area contributed by atoms with Crippen molar-refractivity contribution in [3.8, 4) is 0 Å². The second-order valence-corrected chi connectivity index (χ2v) is 4.40. The van der Waals surface area contributed by atoms with Crippen LogP contribution in [0.15, 0.2) is 15.8 Å². The molecule has 2 rings (SSSR count). The summed E-state index contributed by atoms with van der Waals surface area (Å²) < 4.78 is 19.6. The van der Waals surface area contributed by atoms with Crippen molar-refractivity contribution in [1.82, 2.24) is 9.13 Å². The maximum Gasteiger partial charge on any atom is 0.335 e. The molecule has 0 unspecified atom stereocenters. The number of hydrogen-bond acceptors (Lipinski definition) is 4. The van der Waals surface area contributed by atoms with E-state index in [1.54, 1.807) is 0 Å². The summed E-state index contributed by atoms with van der Waals surface area (Å²) in [4.78, 5) is 23.3. The number of halogens is 1. The van der Waals surface area contributed by atoms with Gasteiger partial charge in [0.05, 0.1) is 13.2 Å². The Morgan fingerprint density at radius 3 is 2.45 bits per heavy atom. The van der Waals surface area contributed by atoms with Gasteiger partial charge < -0.3 is 9.30 Å². The van der Waals surface area contributed by atoms with E-state index in [4.69, 9.17) is 4.74 Å². The normalized spacial score (nSPS) is 17.2. The van der Waals surface area contributed by atoms with E-state index >= 15 is 0 Å². The summed E-state index contributed by atoms with van der Waals surface area (Å²) in [5.41, 5.74) is -1.67. The molecule has 0 amide bonds. The minimum Gasteiger partial charge on any atom is -0.370 e. The number of nitrogens with zero attached hydrogens (tertiary/aromatic N) is 3. The number of hydroxylamine groups is 3. The minimum absolute atomic E-state index is 0.256. The highest BCUT2D eigenvalue weighted by Crippen LogP contribution is 2.07. The quantitative estimate of drug-likeness (QED) is 0.772. The van der Waals surface area contributed by atoms with Crippen LogP contribution in [0.5, 0.6) is 0 Å². The van der Waals surface area contributed by atoms with Gasteiger partial charge in [-0.1, -0.05) is 13.8 Å². The molecule has 1 N–H and O–H groups in total.